The number of hydrogen-bond acceptors (Lipinski definition) is 3. The molecule has 1 aliphatic rings. The molecule has 0 aliphatic carbocycles. The van der Waals surface area contributed by atoms with E-state index >= 15 is 0 Å². The van der Waals surface area contributed by atoms with E-state index in [0.717, 1.165) is 18.4 Å². The predicted octanol–water partition coefficient (Wildman–Crippen LogP) is 3.91. The van der Waals surface area contributed by atoms with Gasteiger partial charge in [-0.1, -0.05) is 29.8 Å². The maximum atomic E-state index is 14.0. The van der Waals surface area contributed by atoms with Crippen LogP contribution in [0.25, 0.3) is 0 Å². The highest BCUT2D eigenvalue weighted by molar-refractivity contribution is 7.88. The third kappa shape index (κ3) is 6.48. The van der Waals surface area contributed by atoms with Gasteiger partial charge in [0.1, 0.15) is 11.6 Å². The maximum Gasteiger partial charge on any atom is 0.223 e. The van der Waals surface area contributed by atoms with E-state index in [1.807, 2.05) is 0 Å². The summed E-state index contributed by atoms with van der Waals surface area (Å²) >= 11 is 5.95. The first-order valence-electron chi connectivity index (χ1n) is 10.2. The van der Waals surface area contributed by atoms with Crippen molar-refractivity contribution in [3.05, 3.63) is 70.2 Å². The van der Waals surface area contributed by atoms with Crippen LogP contribution in [0, 0.1) is 17.6 Å². The lowest BCUT2D eigenvalue weighted by Crippen LogP contribution is -2.43. The average molecular weight is 471 g/mol. The highest BCUT2D eigenvalue weighted by Gasteiger charge is 2.32. The van der Waals surface area contributed by atoms with Crippen LogP contribution >= 0.6 is 11.6 Å². The Morgan fingerprint density at radius 3 is 2.42 bits per heavy atom. The summed E-state index contributed by atoms with van der Waals surface area (Å²) in [5.74, 6) is -1.77. The molecule has 0 unspecified atom stereocenters. The minimum Gasteiger partial charge on any atom is -0.356 e. The van der Waals surface area contributed by atoms with Crippen molar-refractivity contribution < 1.29 is 22.0 Å². The number of carbonyl (C=O) groups is 1. The van der Waals surface area contributed by atoms with E-state index in [2.05, 4.69) is 5.32 Å². The first-order chi connectivity index (χ1) is 14.8. The largest absolute Gasteiger partial charge is 0.356 e. The van der Waals surface area contributed by atoms with E-state index in [-0.39, 0.29) is 41.3 Å². The normalized spacial score (nSPS) is 15.7. The number of sulfonamides is 1. The molecule has 0 bridgehead atoms. The molecule has 1 heterocycles. The van der Waals surface area contributed by atoms with Gasteiger partial charge in [0.2, 0.25) is 15.9 Å². The van der Waals surface area contributed by atoms with E-state index in [0.29, 0.717) is 19.4 Å². The summed E-state index contributed by atoms with van der Waals surface area (Å²) in [6.07, 6.45) is 2.28. The second-order valence-corrected chi connectivity index (χ2v) is 10.0. The van der Waals surface area contributed by atoms with Crippen molar-refractivity contribution in [2.45, 2.75) is 31.4 Å². The second-order valence-electron chi connectivity index (χ2n) is 7.65. The third-order valence-electron chi connectivity index (χ3n) is 5.46. The van der Waals surface area contributed by atoms with Gasteiger partial charge in [-0.3, -0.25) is 4.79 Å². The third-order valence-corrected chi connectivity index (χ3v) is 7.62. The molecule has 0 radical (unpaired) electrons. The zero-order valence-electron chi connectivity index (χ0n) is 17.0. The minimum atomic E-state index is -3.73. The van der Waals surface area contributed by atoms with E-state index in [4.69, 9.17) is 11.6 Å². The lowest BCUT2D eigenvalue weighted by molar-refractivity contribution is -0.126. The summed E-state index contributed by atoms with van der Waals surface area (Å²) < 4.78 is 53.5. The Balaban J connectivity index is 1.44. The van der Waals surface area contributed by atoms with Crippen LogP contribution in [0.5, 0.6) is 0 Å². The molecule has 31 heavy (non-hydrogen) atoms. The first kappa shape index (κ1) is 23.6. The van der Waals surface area contributed by atoms with Gasteiger partial charge in [0.05, 0.1) is 5.75 Å². The molecule has 1 fully saturated rings. The summed E-state index contributed by atoms with van der Waals surface area (Å²) in [6.45, 7) is 0.921. The molecule has 1 saturated heterocycles. The molecule has 0 saturated carbocycles. The van der Waals surface area contributed by atoms with Crippen LogP contribution in [-0.4, -0.2) is 38.3 Å². The van der Waals surface area contributed by atoms with Crippen molar-refractivity contribution in [1.29, 1.82) is 0 Å². The molecule has 0 spiro atoms. The van der Waals surface area contributed by atoms with Crippen LogP contribution in [0.3, 0.4) is 0 Å². The van der Waals surface area contributed by atoms with E-state index in [1.165, 1.54) is 34.6 Å². The lowest BCUT2D eigenvalue weighted by atomic mass is 9.97. The Labute approximate surface area is 186 Å². The fourth-order valence-corrected chi connectivity index (χ4v) is 5.56. The van der Waals surface area contributed by atoms with Crippen molar-refractivity contribution in [3.63, 3.8) is 0 Å². The molecule has 1 aliphatic heterocycles. The van der Waals surface area contributed by atoms with Gasteiger partial charge in [-0.25, -0.2) is 21.5 Å². The van der Waals surface area contributed by atoms with Gasteiger partial charge in [0, 0.05) is 36.1 Å². The van der Waals surface area contributed by atoms with Crippen molar-refractivity contribution in [2.24, 2.45) is 5.92 Å². The van der Waals surface area contributed by atoms with Crippen molar-refractivity contribution >= 4 is 27.5 Å². The van der Waals surface area contributed by atoms with E-state index in [1.54, 1.807) is 12.1 Å². The van der Waals surface area contributed by atoms with Crippen LogP contribution in [0.15, 0.2) is 42.5 Å². The van der Waals surface area contributed by atoms with Gasteiger partial charge in [0.15, 0.2) is 0 Å². The molecule has 0 aromatic heterocycles. The highest BCUT2D eigenvalue weighted by Crippen LogP contribution is 2.26. The number of amides is 1. The summed E-state index contributed by atoms with van der Waals surface area (Å²) in [4.78, 5) is 12.4. The van der Waals surface area contributed by atoms with Gasteiger partial charge in [-0.2, -0.15) is 0 Å². The second kappa shape index (κ2) is 10.5. The van der Waals surface area contributed by atoms with Gasteiger partial charge >= 0.3 is 0 Å². The Morgan fingerprint density at radius 2 is 1.77 bits per heavy atom. The molecule has 5 nitrogen and oxygen atoms in total. The fourth-order valence-electron chi connectivity index (χ4n) is 3.64. The molecular weight excluding hydrogens is 446 g/mol. The number of piperidine rings is 1. The molecule has 9 heteroatoms. The summed E-state index contributed by atoms with van der Waals surface area (Å²) in [5.41, 5.74) is 0.967. The molecular formula is C22H25ClF2N2O3S. The summed E-state index contributed by atoms with van der Waals surface area (Å²) in [6, 6.07) is 10.3. The molecule has 2 aromatic rings. The number of carbonyl (C=O) groups excluding carboxylic acids is 1. The maximum absolute atomic E-state index is 14.0. The Hall–Kier alpha value is -2.03. The number of nitrogens with one attached hydrogen (secondary N) is 1. The SMILES string of the molecule is O=C(NCCCc1ccc(F)cc1)C1CCN(S(=O)(=O)Cc2c(F)cccc2Cl)CC1. The molecule has 168 valence electrons. The summed E-state index contributed by atoms with van der Waals surface area (Å²) in [7, 11) is -3.73. The lowest BCUT2D eigenvalue weighted by Gasteiger charge is -2.30. The number of hydrogen-bond donors (Lipinski definition) is 1. The van der Waals surface area contributed by atoms with Gasteiger partial charge in [0.25, 0.3) is 0 Å². The number of aryl methyl sites for hydroxylation is 1. The average Bonchev–Trinajstić information content (AvgIpc) is 2.75. The van der Waals surface area contributed by atoms with Crippen LogP contribution in [-0.2, 0) is 27.0 Å². The molecule has 0 atom stereocenters. The Morgan fingerprint density at radius 1 is 1.10 bits per heavy atom. The molecule has 1 amide bonds. The van der Waals surface area contributed by atoms with Gasteiger partial charge in [-0.05, 0) is 55.5 Å². The van der Waals surface area contributed by atoms with E-state index in [9.17, 15) is 22.0 Å². The topological polar surface area (TPSA) is 66.5 Å². The molecule has 3 rings (SSSR count). The zero-order valence-corrected chi connectivity index (χ0v) is 18.6. The van der Waals surface area contributed by atoms with Crippen LogP contribution in [0.2, 0.25) is 5.02 Å². The highest BCUT2D eigenvalue weighted by atomic mass is 35.5. The van der Waals surface area contributed by atoms with Crippen LogP contribution in [0.1, 0.15) is 30.4 Å². The van der Waals surface area contributed by atoms with Crippen molar-refractivity contribution in [3.8, 4) is 0 Å². The number of nitrogens with zero attached hydrogens (tertiary/aromatic N) is 1. The molecule has 2 aromatic carbocycles. The van der Waals surface area contributed by atoms with E-state index < -0.39 is 21.6 Å². The number of benzene rings is 2. The van der Waals surface area contributed by atoms with Crippen molar-refractivity contribution in [1.82, 2.24) is 9.62 Å². The predicted molar refractivity (Wildman–Crippen MR) is 116 cm³/mol. The Kier molecular flexibility index (Phi) is 8.02. The first-order valence-corrected chi connectivity index (χ1v) is 12.2. The van der Waals surface area contributed by atoms with Gasteiger partial charge < -0.3 is 5.32 Å². The monoisotopic (exact) mass is 470 g/mol. The quantitative estimate of drug-likeness (QED) is 0.595. The van der Waals surface area contributed by atoms with Gasteiger partial charge in [-0.15, -0.1) is 0 Å². The van der Waals surface area contributed by atoms with Crippen molar-refractivity contribution in [2.75, 3.05) is 19.6 Å². The number of rotatable bonds is 8. The molecule has 1 N–H and O–H groups in total. The fraction of sp³-hybridized carbons (Fsp3) is 0.409. The minimum absolute atomic E-state index is 0.0369. The van der Waals surface area contributed by atoms with Crippen LogP contribution in [0.4, 0.5) is 8.78 Å². The Bertz CT molecular complexity index is 988. The number of halogens is 3. The zero-order chi connectivity index (χ0) is 22.4. The smallest absolute Gasteiger partial charge is 0.223 e. The standard InChI is InChI=1S/C22H25ClF2N2O3S/c23-20-4-1-5-21(25)19(20)15-31(29,30)27-13-10-17(11-14-27)22(28)26-12-2-3-16-6-8-18(24)9-7-16/h1,4-9,17H,2-3,10-15H2,(H,26,28). The summed E-state index contributed by atoms with van der Waals surface area (Å²) in [5, 5.41) is 2.98. The van der Waals surface area contributed by atoms with Crippen LogP contribution < -0.4 is 5.32 Å².